The molecule has 1 saturated carbocycles. The normalized spacial score (nSPS) is 27.6. The molecule has 2 N–H and O–H groups in total. The Labute approximate surface area is 291 Å². The van der Waals surface area contributed by atoms with Gasteiger partial charge in [0.2, 0.25) is 0 Å². The van der Waals surface area contributed by atoms with Crippen LogP contribution in [0.1, 0.15) is 112 Å². The van der Waals surface area contributed by atoms with Gasteiger partial charge >= 0.3 is 5.97 Å². The second-order valence-corrected chi connectivity index (χ2v) is 16.0. The Morgan fingerprint density at radius 2 is 1.90 bits per heavy atom. The summed E-state index contributed by atoms with van der Waals surface area (Å²) in [5, 5.41) is 14.7. The minimum atomic E-state index is -1.01. The van der Waals surface area contributed by atoms with Gasteiger partial charge in [0.1, 0.15) is 11.3 Å². The molecule has 1 aromatic heterocycles. The summed E-state index contributed by atoms with van der Waals surface area (Å²) in [4.78, 5) is 20.3. The molecule has 1 aliphatic heterocycles. The van der Waals surface area contributed by atoms with E-state index in [0.717, 1.165) is 50.1 Å². The molecule has 7 heteroatoms. The summed E-state index contributed by atoms with van der Waals surface area (Å²) >= 11 is 6.30. The van der Waals surface area contributed by atoms with Gasteiger partial charge in [0.05, 0.1) is 6.61 Å². The van der Waals surface area contributed by atoms with Gasteiger partial charge in [-0.1, -0.05) is 56.1 Å². The van der Waals surface area contributed by atoms with Gasteiger partial charge in [-0.3, -0.25) is 9.88 Å². The standard InChI is InChI=1S/C41H52ClN3O3/c1-28(27-48-37-14-19-43-36-11-6-8-29(2)38(36)37)22-32-24-31-13-12-30(26-45-20-4-3-5-21-45)23-35(31)40(32)15-17-41(18-16-40,39(46)47)44-34-10-7-9-33(42)25-34/h7,9-10,12-14,19,23,25,28-29,32,44H,3-6,8,11,15-18,20-22,24,26-27H2,1-2H3,(H,46,47)/t28-,29-,32?,40?,41?/m1/s1. The zero-order valence-electron chi connectivity index (χ0n) is 28.8. The molecular formula is C41H52ClN3O3. The number of likely N-dealkylation sites (tertiary alicyclic amines) is 1. The number of fused-ring (bicyclic) bond motifs is 3. The first kappa shape index (κ1) is 33.4. The quantitative estimate of drug-likeness (QED) is 0.224. The van der Waals surface area contributed by atoms with Crippen LogP contribution in [0.4, 0.5) is 5.69 Å². The van der Waals surface area contributed by atoms with Gasteiger partial charge in [0, 0.05) is 34.7 Å². The molecule has 7 rings (SSSR count). The van der Waals surface area contributed by atoms with E-state index in [1.165, 1.54) is 73.1 Å². The number of nitrogens with one attached hydrogen (secondary N) is 1. The minimum absolute atomic E-state index is 0.0409. The summed E-state index contributed by atoms with van der Waals surface area (Å²) < 4.78 is 6.60. The third kappa shape index (κ3) is 6.72. The van der Waals surface area contributed by atoms with Crippen LogP contribution in [0, 0.1) is 11.8 Å². The van der Waals surface area contributed by atoms with E-state index in [4.69, 9.17) is 16.3 Å². The topological polar surface area (TPSA) is 74.7 Å². The number of rotatable bonds is 10. The number of carboxylic acids is 1. The maximum Gasteiger partial charge on any atom is 0.329 e. The highest BCUT2D eigenvalue weighted by molar-refractivity contribution is 6.30. The van der Waals surface area contributed by atoms with Crippen molar-refractivity contribution in [1.82, 2.24) is 9.88 Å². The molecule has 6 nitrogen and oxygen atoms in total. The van der Waals surface area contributed by atoms with Crippen molar-refractivity contribution in [3.05, 3.63) is 87.7 Å². The molecule has 48 heavy (non-hydrogen) atoms. The third-order valence-corrected chi connectivity index (χ3v) is 12.4. The predicted octanol–water partition coefficient (Wildman–Crippen LogP) is 9.19. The van der Waals surface area contributed by atoms with Crippen LogP contribution in [0.3, 0.4) is 0 Å². The Morgan fingerprint density at radius 1 is 1.08 bits per heavy atom. The number of nitrogens with zero attached hydrogens (tertiary/aromatic N) is 2. The van der Waals surface area contributed by atoms with Gasteiger partial charge < -0.3 is 15.2 Å². The van der Waals surface area contributed by atoms with E-state index in [-0.39, 0.29) is 5.41 Å². The van der Waals surface area contributed by atoms with Gasteiger partial charge in [-0.05, 0) is 148 Å². The van der Waals surface area contributed by atoms with Crippen LogP contribution in [0.25, 0.3) is 0 Å². The Morgan fingerprint density at radius 3 is 2.67 bits per heavy atom. The number of hydrogen-bond donors (Lipinski definition) is 2. The van der Waals surface area contributed by atoms with Crippen LogP contribution in [0.5, 0.6) is 5.75 Å². The minimum Gasteiger partial charge on any atom is -0.493 e. The Bertz CT molecular complexity index is 1610. The Hall–Kier alpha value is -3.09. The van der Waals surface area contributed by atoms with Gasteiger partial charge in [0.25, 0.3) is 0 Å². The Kier molecular flexibility index (Phi) is 9.77. The molecule has 0 radical (unpaired) electrons. The summed E-state index contributed by atoms with van der Waals surface area (Å²) in [5.74, 6) is 1.54. The molecule has 0 bridgehead atoms. The highest BCUT2D eigenvalue weighted by Gasteiger charge is 2.54. The Balaban J connectivity index is 1.13. The maximum atomic E-state index is 13.0. The van der Waals surface area contributed by atoms with E-state index in [1.54, 1.807) is 0 Å². The zero-order valence-corrected chi connectivity index (χ0v) is 29.5. The van der Waals surface area contributed by atoms with Gasteiger partial charge in [0.15, 0.2) is 0 Å². The average molecular weight is 670 g/mol. The number of aryl methyl sites for hydroxylation is 1. The van der Waals surface area contributed by atoms with E-state index in [1.807, 2.05) is 30.5 Å². The van der Waals surface area contributed by atoms with Crippen molar-refractivity contribution in [3.8, 4) is 5.75 Å². The zero-order chi connectivity index (χ0) is 33.3. The lowest BCUT2D eigenvalue weighted by Gasteiger charge is -2.47. The molecule has 1 saturated heterocycles. The molecule has 3 aliphatic carbocycles. The molecule has 3 aromatic rings. The van der Waals surface area contributed by atoms with Gasteiger partial charge in [-0.25, -0.2) is 4.79 Å². The fourth-order valence-electron chi connectivity index (χ4n) is 9.62. The van der Waals surface area contributed by atoms with Crippen LogP contribution in [0.15, 0.2) is 54.7 Å². The number of piperidine rings is 1. The number of carboxylic acid groups (broad SMARTS) is 1. The number of aromatic nitrogens is 1. The summed E-state index contributed by atoms with van der Waals surface area (Å²) in [6.07, 6.45) is 14.2. The average Bonchev–Trinajstić information content (AvgIpc) is 3.36. The summed E-state index contributed by atoms with van der Waals surface area (Å²) in [6, 6.07) is 16.8. The van der Waals surface area contributed by atoms with Crippen LogP contribution < -0.4 is 10.1 Å². The van der Waals surface area contributed by atoms with Crippen molar-refractivity contribution < 1.29 is 14.6 Å². The number of ether oxygens (including phenoxy) is 1. The summed E-state index contributed by atoms with van der Waals surface area (Å²) in [7, 11) is 0. The highest BCUT2D eigenvalue weighted by Crippen LogP contribution is 2.56. The van der Waals surface area contributed by atoms with E-state index < -0.39 is 11.5 Å². The number of hydrogen-bond acceptors (Lipinski definition) is 5. The highest BCUT2D eigenvalue weighted by atomic mass is 35.5. The van der Waals surface area contributed by atoms with Crippen LogP contribution in [0.2, 0.25) is 5.02 Å². The number of halogens is 1. The fourth-order valence-corrected chi connectivity index (χ4v) is 9.81. The summed E-state index contributed by atoms with van der Waals surface area (Å²) in [6.45, 7) is 8.68. The first-order chi connectivity index (χ1) is 23.2. The molecule has 4 aliphatic rings. The van der Waals surface area contributed by atoms with Crippen molar-refractivity contribution in [2.24, 2.45) is 11.8 Å². The molecule has 1 unspecified atom stereocenters. The lowest BCUT2D eigenvalue weighted by molar-refractivity contribution is -0.144. The van der Waals surface area contributed by atoms with Crippen LogP contribution in [-0.2, 0) is 29.6 Å². The molecule has 2 aromatic carbocycles. The number of anilines is 1. The van der Waals surface area contributed by atoms with E-state index in [0.29, 0.717) is 42.2 Å². The smallest absolute Gasteiger partial charge is 0.329 e. The molecule has 2 heterocycles. The first-order valence-corrected chi connectivity index (χ1v) is 18.8. The molecule has 0 amide bonds. The molecule has 1 spiro atoms. The lowest BCUT2D eigenvalue weighted by atomic mass is 9.59. The van der Waals surface area contributed by atoms with Crippen molar-refractivity contribution in [3.63, 3.8) is 0 Å². The fraction of sp³-hybridized carbons (Fsp3) is 0.561. The molecular weight excluding hydrogens is 618 g/mol. The monoisotopic (exact) mass is 669 g/mol. The van der Waals surface area contributed by atoms with Crippen molar-refractivity contribution in [2.45, 2.75) is 114 Å². The van der Waals surface area contributed by atoms with Crippen molar-refractivity contribution in [1.29, 1.82) is 0 Å². The van der Waals surface area contributed by atoms with Crippen molar-refractivity contribution >= 4 is 23.3 Å². The number of benzene rings is 2. The van der Waals surface area contributed by atoms with E-state index >= 15 is 0 Å². The largest absolute Gasteiger partial charge is 0.493 e. The SMILES string of the molecule is C[C@@H](COc1ccnc2c1[C@H](C)CCC2)CC1Cc2ccc(CN3CCCCC3)cc2C12CCC(Nc1cccc(Cl)c1)(C(=O)O)CC2. The molecule has 256 valence electrons. The third-order valence-electron chi connectivity index (χ3n) is 12.2. The molecule has 3 atom stereocenters. The summed E-state index contributed by atoms with van der Waals surface area (Å²) in [5.41, 5.74) is 6.57. The van der Waals surface area contributed by atoms with Crippen molar-refractivity contribution in [2.75, 3.05) is 25.0 Å². The van der Waals surface area contributed by atoms with E-state index in [2.05, 4.69) is 53.3 Å². The van der Waals surface area contributed by atoms with Crippen LogP contribution in [-0.4, -0.2) is 46.2 Å². The lowest BCUT2D eigenvalue weighted by Crippen LogP contribution is -2.53. The van der Waals surface area contributed by atoms with Crippen LogP contribution >= 0.6 is 11.6 Å². The van der Waals surface area contributed by atoms with Gasteiger partial charge in [-0.15, -0.1) is 0 Å². The maximum absolute atomic E-state index is 13.0. The second-order valence-electron chi connectivity index (χ2n) is 15.5. The number of pyridine rings is 1. The number of carbonyl (C=O) groups is 1. The molecule has 2 fully saturated rings. The first-order valence-electron chi connectivity index (χ1n) is 18.5. The van der Waals surface area contributed by atoms with Gasteiger partial charge in [-0.2, -0.15) is 0 Å². The second kappa shape index (κ2) is 14.0. The predicted molar refractivity (Wildman–Crippen MR) is 193 cm³/mol. The number of aliphatic carboxylic acids is 1. The van der Waals surface area contributed by atoms with E-state index in [9.17, 15) is 9.90 Å².